The van der Waals surface area contributed by atoms with Crippen LogP contribution in [-0.4, -0.2) is 58.0 Å². The molecule has 9 heteroatoms. The molecule has 29 heavy (non-hydrogen) atoms. The second-order valence-corrected chi connectivity index (χ2v) is 9.54. The van der Waals surface area contributed by atoms with Crippen LogP contribution in [0.25, 0.3) is 5.65 Å². The average molecular weight is 416 g/mol. The van der Waals surface area contributed by atoms with Crippen molar-refractivity contribution in [1.82, 2.24) is 23.4 Å². The molecule has 0 bridgehead atoms. The van der Waals surface area contributed by atoms with E-state index in [9.17, 15) is 13.2 Å². The van der Waals surface area contributed by atoms with Crippen LogP contribution in [0.1, 0.15) is 25.3 Å². The molecule has 4 rings (SSSR count). The zero-order chi connectivity index (χ0) is 20.6. The molecular formula is C20H25N5O3S. The summed E-state index contributed by atoms with van der Waals surface area (Å²) in [5.41, 5.74) is 1.52. The zero-order valence-corrected chi connectivity index (χ0v) is 17.4. The highest BCUT2D eigenvalue weighted by atomic mass is 32.2. The Morgan fingerprint density at radius 2 is 1.69 bits per heavy atom. The van der Waals surface area contributed by atoms with Crippen molar-refractivity contribution in [3.63, 3.8) is 0 Å². The normalized spacial score (nSPS) is 16.7. The first-order valence-electron chi connectivity index (χ1n) is 9.73. The predicted molar refractivity (Wildman–Crippen MR) is 110 cm³/mol. The van der Waals surface area contributed by atoms with Crippen molar-refractivity contribution in [2.75, 3.05) is 26.2 Å². The summed E-state index contributed by atoms with van der Waals surface area (Å²) in [5, 5.41) is 4.34. The van der Waals surface area contributed by atoms with Gasteiger partial charge in [0.2, 0.25) is 10.0 Å². The maximum absolute atomic E-state index is 12.9. The lowest BCUT2D eigenvalue weighted by molar-refractivity contribution is 0.144. The third kappa shape index (κ3) is 3.85. The fraction of sp³-hybridized carbons (Fsp3) is 0.400. The monoisotopic (exact) mass is 415 g/mol. The van der Waals surface area contributed by atoms with Gasteiger partial charge >= 0.3 is 5.69 Å². The van der Waals surface area contributed by atoms with Gasteiger partial charge in [-0.05, 0) is 35.7 Å². The second kappa shape index (κ2) is 7.74. The number of rotatable bonds is 5. The SMILES string of the molecule is CC(C)c1ccc(S(=O)(=O)N2CCN(Cn3nc4ccccn4c3=O)CC2)cc1. The van der Waals surface area contributed by atoms with Gasteiger partial charge in [0.15, 0.2) is 5.65 Å². The zero-order valence-electron chi connectivity index (χ0n) is 16.6. The largest absolute Gasteiger partial charge is 0.351 e. The van der Waals surface area contributed by atoms with Crippen LogP contribution in [0.5, 0.6) is 0 Å². The molecule has 3 heterocycles. The van der Waals surface area contributed by atoms with Gasteiger partial charge in [-0.1, -0.05) is 32.0 Å². The Labute approximate surface area is 170 Å². The molecule has 1 aromatic carbocycles. The first-order valence-corrected chi connectivity index (χ1v) is 11.2. The number of hydrogen-bond donors (Lipinski definition) is 0. The molecule has 0 spiro atoms. The fourth-order valence-corrected chi connectivity index (χ4v) is 4.96. The number of pyridine rings is 1. The van der Waals surface area contributed by atoms with E-state index in [1.165, 1.54) is 13.4 Å². The standard InChI is InChI=1S/C20H25N5O3S/c1-16(2)17-6-8-18(9-7-17)29(27,28)23-13-11-22(12-14-23)15-25-20(26)24-10-4-3-5-19(24)21-25/h3-10,16H,11-15H2,1-2H3. The van der Waals surface area contributed by atoms with Crippen LogP contribution in [0.15, 0.2) is 58.4 Å². The van der Waals surface area contributed by atoms with E-state index < -0.39 is 10.0 Å². The van der Waals surface area contributed by atoms with Gasteiger partial charge in [0, 0.05) is 32.4 Å². The van der Waals surface area contributed by atoms with Crippen molar-refractivity contribution in [1.29, 1.82) is 0 Å². The molecular weight excluding hydrogens is 390 g/mol. The van der Waals surface area contributed by atoms with Crippen molar-refractivity contribution in [2.45, 2.75) is 31.3 Å². The molecule has 3 aromatic rings. The van der Waals surface area contributed by atoms with E-state index in [0.29, 0.717) is 49.3 Å². The van der Waals surface area contributed by atoms with Crippen LogP contribution in [-0.2, 0) is 16.7 Å². The molecule has 154 valence electrons. The van der Waals surface area contributed by atoms with Crippen molar-refractivity contribution in [3.8, 4) is 0 Å². The van der Waals surface area contributed by atoms with E-state index >= 15 is 0 Å². The second-order valence-electron chi connectivity index (χ2n) is 7.60. The minimum atomic E-state index is -3.51. The van der Waals surface area contributed by atoms with E-state index in [-0.39, 0.29) is 5.69 Å². The molecule has 8 nitrogen and oxygen atoms in total. The van der Waals surface area contributed by atoms with E-state index in [4.69, 9.17) is 0 Å². The minimum absolute atomic E-state index is 0.194. The number of hydrogen-bond acceptors (Lipinski definition) is 5. The third-order valence-electron chi connectivity index (χ3n) is 5.34. The lowest BCUT2D eigenvalue weighted by Crippen LogP contribution is -2.49. The van der Waals surface area contributed by atoms with Gasteiger partial charge in [-0.2, -0.15) is 8.99 Å². The van der Waals surface area contributed by atoms with E-state index in [1.54, 1.807) is 30.5 Å². The van der Waals surface area contributed by atoms with Gasteiger partial charge in [-0.15, -0.1) is 5.10 Å². The van der Waals surface area contributed by atoms with Crippen LogP contribution in [0, 0.1) is 0 Å². The summed E-state index contributed by atoms with van der Waals surface area (Å²) in [4.78, 5) is 14.8. The molecule has 0 aliphatic carbocycles. The summed E-state index contributed by atoms with van der Waals surface area (Å²) in [6.07, 6.45) is 1.69. The number of aromatic nitrogens is 3. The Morgan fingerprint density at radius 3 is 2.31 bits per heavy atom. The van der Waals surface area contributed by atoms with Gasteiger partial charge in [-0.3, -0.25) is 9.30 Å². The molecule has 0 amide bonds. The molecule has 0 unspecified atom stereocenters. The number of nitrogens with zero attached hydrogens (tertiary/aromatic N) is 5. The maximum Gasteiger partial charge on any atom is 0.351 e. The van der Waals surface area contributed by atoms with Gasteiger partial charge in [0.1, 0.15) is 0 Å². The average Bonchev–Trinajstić information content (AvgIpc) is 3.04. The summed E-state index contributed by atoms with van der Waals surface area (Å²) in [7, 11) is -3.51. The fourth-order valence-electron chi connectivity index (χ4n) is 3.53. The topological polar surface area (TPSA) is 79.9 Å². The molecule has 2 aromatic heterocycles. The molecule has 0 saturated carbocycles. The van der Waals surface area contributed by atoms with Crippen molar-refractivity contribution < 1.29 is 8.42 Å². The number of sulfonamides is 1. The van der Waals surface area contributed by atoms with Gasteiger partial charge in [0.25, 0.3) is 0 Å². The molecule has 1 aliphatic rings. The molecule has 0 radical (unpaired) electrons. The lowest BCUT2D eigenvalue weighted by Gasteiger charge is -2.33. The van der Waals surface area contributed by atoms with E-state index in [2.05, 4.69) is 18.9 Å². The Morgan fingerprint density at radius 1 is 1.00 bits per heavy atom. The molecule has 0 N–H and O–H groups in total. The highest BCUT2D eigenvalue weighted by molar-refractivity contribution is 7.89. The summed E-state index contributed by atoms with van der Waals surface area (Å²) in [5.74, 6) is 0.360. The quantitative estimate of drug-likeness (QED) is 0.632. The van der Waals surface area contributed by atoms with Crippen molar-refractivity contribution in [3.05, 3.63) is 64.7 Å². The predicted octanol–water partition coefficient (Wildman–Crippen LogP) is 1.58. The smallest absolute Gasteiger partial charge is 0.282 e. The highest BCUT2D eigenvalue weighted by Crippen LogP contribution is 2.21. The van der Waals surface area contributed by atoms with Crippen molar-refractivity contribution in [2.24, 2.45) is 0 Å². The Balaban J connectivity index is 1.43. The summed E-state index contributed by atoms with van der Waals surface area (Å²) < 4.78 is 30.3. The van der Waals surface area contributed by atoms with Crippen LogP contribution in [0.3, 0.4) is 0 Å². The van der Waals surface area contributed by atoms with Crippen molar-refractivity contribution >= 4 is 15.7 Å². The van der Waals surface area contributed by atoms with Crippen LogP contribution < -0.4 is 5.69 Å². The van der Waals surface area contributed by atoms with Crippen LogP contribution in [0.4, 0.5) is 0 Å². The third-order valence-corrected chi connectivity index (χ3v) is 7.25. The van der Waals surface area contributed by atoms with Gasteiger partial charge < -0.3 is 0 Å². The molecule has 1 aliphatic heterocycles. The van der Waals surface area contributed by atoms with E-state index in [1.807, 2.05) is 23.1 Å². The molecule has 1 fully saturated rings. The van der Waals surface area contributed by atoms with E-state index in [0.717, 1.165) is 5.56 Å². The molecule has 0 atom stereocenters. The first kappa shape index (κ1) is 19.8. The maximum atomic E-state index is 12.9. The van der Waals surface area contributed by atoms with Crippen LogP contribution >= 0.6 is 0 Å². The van der Waals surface area contributed by atoms with Crippen LogP contribution in [0.2, 0.25) is 0 Å². The Bertz CT molecular complexity index is 1160. The lowest BCUT2D eigenvalue weighted by atomic mass is 10.0. The van der Waals surface area contributed by atoms with Gasteiger partial charge in [-0.25, -0.2) is 13.2 Å². The summed E-state index contributed by atoms with van der Waals surface area (Å²) in [6.45, 7) is 6.37. The molecule has 1 saturated heterocycles. The minimum Gasteiger partial charge on any atom is -0.282 e. The number of benzene rings is 1. The summed E-state index contributed by atoms with van der Waals surface area (Å²) in [6, 6.07) is 12.5. The summed E-state index contributed by atoms with van der Waals surface area (Å²) >= 11 is 0. The van der Waals surface area contributed by atoms with Gasteiger partial charge in [0.05, 0.1) is 11.6 Å². The number of piperazine rings is 1. The Hall–Kier alpha value is -2.49. The number of fused-ring (bicyclic) bond motifs is 1. The first-order chi connectivity index (χ1) is 13.9. The highest BCUT2D eigenvalue weighted by Gasteiger charge is 2.29. The Kier molecular flexibility index (Phi) is 5.28.